The van der Waals surface area contributed by atoms with Gasteiger partial charge in [0.2, 0.25) is 0 Å². The molecule has 0 saturated carbocycles. The van der Waals surface area contributed by atoms with Crippen molar-refractivity contribution in [1.29, 1.82) is 0 Å². The van der Waals surface area contributed by atoms with Crippen molar-refractivity contribution in [3.63, 3.8) is 0 Å². The topological polar surface area (TPSA) is 88.8 Å². The summed E-state index contributed by atoms with van der Waals surface area (Å²) >= 11 is 0. The number of amides is 1. The van der Waals surface area contributed by atoms with Crippen molar-refractivity contribution in [2.45, 2.75) is 32.8 Å². The molecule has 0 atom stereocenters. The highest BCUT2D eigenvalue weighted by atomic mass is 16.6. The summed E-state index contributed by atoms with van der Waals surface area (Å²) < 4.78 is 5.35. The Morgan fingerprint density at radius 1 is 1.41 bits per heavy atom. The maximum atomic E-state index is 12.1. The van der Waals surface area contributed by atoms with Crippen molar-refractivity contribution >= 4 is 17.5 Å². The van der Waals surface area contributed by atoms with Gasteiger partial charge in [-0.15, -0.1) is 0 Å². The van der Waals surface area contributed by atoms with E-state index >= 15 is 0 Å². The molecule has 0 aromatic carbocycles. The van der Waals surface area contributed by atoms with Gasteiger partial charge in [-0.3, -0.25) is 20.0 Å². The molecular formula is C14H20N4O4. The van der Waals surface area contributed by atoms with Crippen LogP contribution in [0.5, 0.6) is 0 Å². The van der Waals surface area contributed by atoms with Crippen LogP contribution in [0.3, 0.4) is 0 Å². The van der Waals surface area contributed by atoms with Gasteiger partial charge in [0, 0.05) is 19.3 Å². The van der Waals surface area contributed by atoms with Crippen molar-refractivity contribution < 1.29 is 14.5 Å². The van der Waals surface area contributed by atoms with E-state index in [1.807, 2.05) is 0 Å². The molecule has 0 spiro atoms. The molecule has 1 fully saturated rings. The molecule has 0 radical (unpaired) electrons. The fourth-order valence-electron chi connectivity index (χ4n) is 2.26. The van der Waals surface area contributed by atoms with Gasteiger partial charge in [-0.05, 0) is 33.3 Å². The number of hydrogen-bond donors (Lipinski definition) is 0. The standard InChI is InChI=1S/C14H20N4O4/c1-14(2,3)22-13(19)17-8-4-7-16(10-17)11-5-6-15-9-12(11)18(20)21/h5-6,9H,4,7-8,10H2,1-3H3. The Morgan fingerprint density at radius 3 is 2.77 bits per heavy atom. The average molecular weight is 308 g/mol. The van der Waals surface area contributed by atoms with Crippen LogP contribution in [0.2, 0.25) is 0 Å². The van der Waals surface area contributed by atoms with E-state index in [4.69, 9.17) is 4.74 Å². The Morgan fingerprint density at radius 2 is 2.14 bits per heavy atom. The highest BCUT2D eigenvalue weighted by molar-refractivity contribution is 5.70. The van der Waals surface area contributed by atoms with Crippen LogP contribution in [0.1, 0.15) is 27.2 Å². The van der Waals surface area contributed by atoms with Gasteiger partial charge < -0.3 is 9.64 Å². The van der Waals surface area contributed by atoms with Crippen LogP contribution in [0.4, 0.5) is 16.2 Å². The van der Waals surface area contributed by atoms with Gasteiger partial charge in [0.15, 0.2) is 0 Å². The molecule has 1 saturated heterocycles. The van der Waals surface area contributed by atoms with Crippen molar-refractivity contribution in [1.82, 2.24) is 9.88 Å². The lowest BCUT2D eigenvalue weighted by atomic mass is 10.2. The summed E-state index contributed by atoms with van der Waals surface area (Å²) in [5.74, 6) is 0. The smallest absolute Gasteiger partial charge is 0.411 e. The van der Waals surface area contributed by atoms with E-state index < -0.39 is 16.6 Å². The first-order valence-electron chi connectivity index (χ1n) is 7.09. The fraction of sp³-hybridized carbons (Fsp3) is 0.571. The summed E-state index contributed by atoms with van der Waals surface area (Å²) in [7, 11) is 0. The zero-order valence-corrected chi connectivity index (χ0v) is 13.0. The molecule has 2 rings (SSSR count). The second-order valence-electron chi connectivity index (χ2n) is 6.12. The number of nitro groups is 1. The molecule has 120 valence electrons. The van der Waals surface area contributed by atoms with E-state index in [-0.39, 0.29) is 12.4 Å². The van der Waals surface area contributed by atoms with Crippen LogP contribution in [-0.2, 0) is 4.74 Å². The molecule has 1 aliphatic heterocycles. The number of rotatable bonds is 2. The second-order valence-corrected chi connectivity index (χ2v) is 6.12. The first kappa shape index (κ1) is 16.0. The monoisotopic (exact) mass is 308 g/mol. The van der Waals surface area contributed by atoms with Gasteiger partial charge in [-0.1, -0.05) is 0 Å². The quantitative estimate of drug-likeness (QED) is 0.615. The van der Waals surface area contributed by atoms with Crippen molar-refractivity contribution in [2.75, 3.05) is 24.7 Å². The zero-order valence-electron chi connectivity index (χ0n) is 13.0. The third-order valence-electron chi connectivity index (χ3n) is 3.16. The molecule has 2 heterocycles. The zero-order chi connectivity index (χ0) is 16.3. The SMILES string of the molecule is CC(C)(C)OC(=O)N1CCCN(c2ccncc2[N+](=O)[O-])C1. The van der Waals surface area contributed by atoms with Crippen LogP contribution in [-0.4, -0.2) is 46.3 Å². The summed E-state index contributed by atoms with van der Waals surface area (Å²) in [6, 6.07) is 1.59. The van der Waals surface area contributed by atoms with Gasteiger partial charge in [-0.25, -0.2) is 4.79 Å². The average Bonchev–Trinajstić information content (AvgIpc) is 2.45. The first-order valence-corrected chi connectivity index (χ1v) is 7.09. The van der Waals surface area contributed by atoms with E-state index in [0.717, 1.165) is 6.42 Å². The number of anilines is 1. The lowest BCUT2D eigenvalue weighted by Gasteiger charge is -2.37. The molecule has 1 aliphatic rings. The number of hydrogen-bond acceptors (Lipinski definition) is 6. The number of carbonyl (C=O) groups is 1. The molecule has 0 N–H and O–H groups in total. The number of ether oxygens (including phenoxy) is 1. The minimum atomic E-state index is -0.567. The fourth-order valence-corrected chi connectivity index (χ4v) is 2.26. The molecule has 0 aliphatic carbocycles. The first-order chi connectivity index (χ1) is 10.3. The molecule has 1 aromatic rings. The van der Waals surface area contributed by atoms with E-state index in [9.17, 15) is 14.9 Å². The number of nitrogens with zero attached hydrogens (tertiary/aromatic N) is 4. The molecule has 1 amide bonds. The van der Waals surface area contributed by atoms with Gasteiger partial charge in [0.1, 0.15) is 17.5 Å². The Balaban J connectivity index is 2.14. The minimum absolute atomic E-state index is 0.0615. The van der Waals surface area contributed by atoms with E-state index in [1.54, 1.807) is 36.6 Å². The van der Waals surface area contributed by atoms with Crippen LogP contribution < -0.4 is 4.90 Å². The summed E-state index contributed by atoms with van der Waals surface area (Å²) in [4.78, 5) is 29.9. The molecule has 8 heteroatoms. The van der Waals surface area contributed by atoms with E-state index in [2.05, 4.69) is 4.98 Å². The van der Waals surface area contributed by atoms with E-state index in [1.165, 1.54) is 12.4 Å². The molecule has 8 nitrogen and oxygen atoms in total. The Bertz CT molecular complexity index is 570. The molecule has 22 heavy (non-hydrogen) atoms. The number of pyridine rings is 1. The van der Waals surface area contributed by atoms with Crippen LogP contribution in [0.25, 0.3) is 0 Å². The Hall–Kier alpha value is -2.38. The van der Waals surface area contributed by atoms with Crippen molar-refractivity contribution in [3.8, 4) is 0 Å². The van der Waals surface area contributed by atoms with Gasteiger partial charge in [0.05, 0.1) is 11.6 Å². The molecular weight excluding hydrogens is 288 g/mol. The van der Waals surface area contributed by atoms with Crippen LogP contribution in [0.15, 0.2) is 18.5 Å². The molecule has 1 aromatic heterocycles. The van der Waals surface area contributed by atoms with Gasteiger partial charge in [0.25, 0.3) is 0 Å². The second kappa shape index (κ2) is 6.17. The van der Waals surface area contributed by atoms with Gasteiger partial charge in [-0.2, -0.15) is 0 Å². The lowest BCUT2D eigenvalue weighted by molar-refractivity contribution is -0.384. The maximum Gasteiger partial charge on any atom is 0.411 e. The van der Waals surface area contributed by atoms with Crippen LogP contribution >= 0.6 is 0 Å². The highest BCUT2D eigenvalue weighted by Gasteiger charge is 2.29. The van der Waals surface area contributed by atoms with Gasteiger partial charge >= 0.3 is 11.8 Å². The van der Waals surface area contributed by atoms with Crippen molar-refractivity contribution in [2.24, 2.45) is 0 Å². The van der Waals surface area contributed by atoms with Crippen molar-refractivity contribution in [3.05, 3.63) is 28.6 Å². The maximum absolute atomic E-state index is 12.1. The van der Waals surface area contributed by atoms with E-state index in [0.29, 0.717) is 18.8 Å². The predicted molar refractivity (Wildman–Crippen MR) is 80.7 cm³/mol. The van der Waals surface area contributed by atoms with Crippen LogP contribution in [0, 0.1) is 10.1 Å². The lowest BCUT2D eigenvalue weighted by Crippen LogP contribution is -2.49. The summed E-state index contributed by atoms with van der Waals surface area (Å²) in [5, 5.41) is 11.1. The third kappa shape index (κ3) is 3.84. The summed E-state index contributed by atoms with van der Waals surface area (Å²) in [6.07, 6.45) is 3.05. The normalized spacial score (nSPS) is 15.6. The Labute approximate surface area is 128 Å². The molecule has 0 unspecified atom stereocenters. The summed E-state index contributed by atoms with van der Waals surface area (Å²) in [6.45, 7) is 6.90. The predicted octanol–water partition coefficient (Wildman–Crippen LogP) is 2.39. The third-order valence-corrected chi connectivity index (χ3v) is 3.16. The summed E-state index contributed by atoms with van der Waals surface area (Å²) in [5.41, 5.74) is -0.163. The highest BCUT2D eigenvalue weighted by Crippen LogP contribution is 2.28. The Kier molecular flexibility index (Phi) is 4.48. The molecule has 0 bridgehead atoms. The number of aromatic nitrogens is 1. The minimum Gasteiger partial charge on any atom is -0.444 e. The number of carbonyl (C=O) groups excluding carboxylic acids is 1. The largest absolute Gasteiger partial charge is 0.444 e.